The van der Waals surface area contributed by atoms with Gasteiger partial charge in [0.05, 0.1) is 0 Å². The first kappa shape index (κ1) is 9.22. The third kappa shape index (κ3) is 4.13. The topological polar surface area (TPSA) is 49.3 Å². The standard InChI is InChI=1S/C4H6F3NO2/c1-2(3(9)10)8-4(5,6)7/h2,8H,1H3,(H,9,10)/t2-/m0/s1. The van der Waals surface area contributed by atoms with Gasteiger partial charge in [-0.1, -0.05) is 0 Å². The second kappa shape index (κ2) is 2.87. The maximum atomic E-state index is 11.3. The van der Waals surface area contributed by atoms with Crippen LogP contribution in [-0.4, -0.2) is 23.4 Å². The van der Waals surface area contributed by atoms with Crippen LogP contribution in [0, 0.1) is 0 Å². The van der Waals surface area contributed by atoms with Gasteiger partial charge in [0, 0.05) is 0 Å². The minimum Gasteiger partial charge on any atom is -0.480 e. The van der Waals surface area contributed by atoms with Gasteiger partial charge in [-0.3, -0.25) is 4.79 Å². The average molecular weight is 157 g/mol. The van der Waals surface area contributed by atoms with Gasteiger partial charge in [0.15, 0.2) is 0 Å². The molecule has 60 valence electrons. The van der Waals surface area contributed by atoms with Crippen LogP contribution < -0.4 is 5.32 Å². The quantitative estimate of drug-likeness (QED) is 0.576. The van der Waals surface area contributed by atoms with Crippen LogP contribution in [0.2, 0.25) is 0 Å². The lowest BCUT2D eigenvalue weighted by Gasteiger charge is -2.11. The van der Waals surface area contributed by atoms with Gasteiger partial charge in [-0.05, 0) is 6.92 Å². The molecule has 0 saturated heterocycles. The molecule has 0 aromatic rings. The van der Waals surface area contributed by atoms with Crippen molar-refractivity contribution in [2.75, 3.05) is 0 Å². The number of carbonyl (C=O) groups is 1. The highest BCUT2D eigenvalue weighted by Gasteiger charge is 2.31. The fraction of sp³-hybridized carbons (Fsp3) is 0.750. The second-order valence-corrected chi connectivity index (χ2v) is 1.70. The molecule has 6 heteroatoms. The first-order valence-corrected chi connectivity index (χ1v) is 2.40. The van der Waals surface area contributed by atoms with Crippen molar-refractivity contribution in [1.82, 2.24) is 5.32 Å². The van der Waals surface area contributed by atoms with Crippen molar-refractivity contribution in [3.05, 3.63) is 0 Å². The number of hydrogen-bond donors (Lipinski definition) is 2. The minimum absolute atomic E-state index is 0.913. The molecule has 0 spiro atoms. The lowest BCUT2D eigenvalue weighted by molar-refractivity contribution is -0.173. The molecule has 0 aliphatic heterocycles. The summed E-state index contributed by atoms with van der Waals surface area (Å²) in [6.07, 6.45) is -4.63. The normalized spacial score (nSPS) is 14.8. The van der Waals surface area contributed by atoms with Crippen molar-refractivity contribution in [3.63, 3.8) is 0 Å². The largest absolute Gasteiger partial charge is 0.480 e. The van der Waals surface area contributed by atoms with Crippen molar-refractivity contribution >= 4 is 5.97 Å². The van der Waals surface area contributed by atoms with Crippen molar-refractivity contribution < 1.29 is 23.1 Å². The molecule has 3 nitrogen and oxygen atoms in total. The third-order valence-corrected chi connectivity index (χ3v) is 0.751. The lowest BCUT2D eigenvalue weighted by Crippen LogP contribution is -2.43. The predicted octanol–water partition coefficient (Wildman–Crippen LogP) is 0.569. The van der Waals surface area contributed by atoms with E-state index in [1.54, 1.807) is 0 Å². The molecule has 0 aromatic carbocycles. The van der Waals surface area contributed by atoms with Crippen LogP contribution in [0.4, 0.5) is 13.2 Å². The monoisotopic (exact) mass is 157 g/mol. The molecule has 0 heterocycles. The third-order valence-electron chi connectivity index (χ3n) is 0.751. The molecule has 0 aromatic heterocycles. The zero-order chi connectivity index (χ0) is 8.36. The smallest absolute Gasteiger partial charge is 0.457 e. The summed E-state index contributed by atoms with van der Waals surface area (Å²) in [5.41, 5.74) is 0. The zero-order valence-electron chi connectivity index (χ0n) is 5.07. The Morgan fingerprint density at radius 2 is 2.00 bits per heavy atom. The SMILES string of the molecule is C[C@H](NC(F)(F)F)C(=O)O. The summed E-state index contributed by atoms with van der Waals surface area (Å²) in [6.45, 7) is 0.913. The van der Waals surface area contributed by atoms with E-state index >= 15 is 0 Å². The summed E-state index contributed by atoms with van der Waals surface area (Å²) in [5.74, 6) is -1.53. The Kier molecular flexibility index (Phi) is 2.65. The van der Waals surface area contributed by atoms with Crippen LogP contribution in [-0.2, 0) is 4.79 Å². The van der Waals surface area contributed by atoms with Crippen LogP contribution in [0.15, 0.2) is 0 Å². The van der Waals surface area contributed by atoms with Gasteiger partial charge in [0.25, 0.3) is 0 Å². The minimum atomic E-state index is -4.63. The van der Waals surface area contributed by atoms with Crippen LogP contribution in [0.3, 0.4) is 0 Å². The first-order chi connectivity index (χ1) is 4.33. The highest BCUT2D eigenvalue weighted by Crippen LogP contribution is 2.10. The molecular weight excluding hydrogens is 151 g/mol. The summed E-state index contributed by atoms with van der Waals surface area (Å²) < 4.78 is 33.9. The molecule has 0 aliphatic rings. The van der Waals surface area contributed by atoms with Crippen molar-refractivity contribution in [2.45, 2.75) is 19.3 Å². The highest BCUT2D eigenvalue weighted by molar-refractivity contribution is 5.72. The molecule has 0 fully saturated rings. The molecule has 10 heavy (non-hydrogen) atoms. The number of carboxylic acids is 1. The number of rotatable bonds is 2. The van der Waals surface area contributed by atoms with Gasteiger partial charge >= 0.3 is 12.3 Å². The van der Waals surface area contributed by atoms with E-state index in [9.17, 15) is 18.0 Å². The zero-order valence-corrected chi connectivity index (χ0v) is 5.07. The summed E-state index contributed by atoms with van der Waals surface area (Å²) in [4.78, 5) is 9.81. The van der Waals surface area contributed by atoms with E-state index in [2.05, 4.69) is 0 Å². The first-order valence-electron chi connectivity index (χ1n) is 2.40. The Morgan fingerprint density at radius 3 is 2.10 bits per heavy atom. The molecule has 0 unspecified atom stereocenters. The number of hydrogen-bond acceptors (Lipinski definition) is 2. The van der Waals surface area contributed by atoms with Crippen LogP contribution in [0.25, 0.3) is 0 Å². The molecule has 1 atom stereocenters. The second-order valence-electron chi connectivity index (χ2n) is 1.70. The van der Waals surface area contributed by atoms with Gasteiger partial charge in [0.2, 0.25) is 0 Å². The van der Waals surface area contributed by atoms with Crippen LogP contribution >= 0.6 is 0 Å². The fourth-order valence-corrected chi connectivity index (χ4v) is 0.307. The number of carboxylic acid groups (broad SMARTS) is 1. The predicted molar refractivity (Wildman–Crippen MR) is 26.3 cm³/mol. The van der Waals surface area contributed by atoms with Gasteiger partial charge in [-0.2, -0.15) is 13.2 Å². The van der Waals surface area contributed by atoms with Crippen LogP contribution in [0.5, 0.6) is 0 Å². The van der Waals surface area contributed by atoms with E-state index in [0.29, 0.717) is 0 Å². The number of alkyl halides is 3. The van der Waals surface area contributed by atoms with E-state index < -0.39 is 18.3 Å². The number of nitrogens with one attached hydrogen (secondary N) is 1. The Morgan fingerprint density at radius 1 is 1.60 bits per heavy atom. The Bertz CT molecular complexity index is 133. The molecular formula is C4H6F3NO2. The van der Waals surface area contributed by atoms with E-state index in [4.69, 9.17) is 5.11 Å². The molecule has 0 radical (unpaired) electrons. The maximum Gasteiger partial charge on any atom is 0.457 e. The van der Waals surface area contributed by atoms with Gasteiger partial charge in [0.1, 0.15) is 6.04 Å². The van der Waals surface area contributed by atoms with Crippen LogP contribution in [0.1, 0.15) is 6.92 Å². The summed E-state index contributed by atoms with van der Waals surface area (Å²) in [5, 5.41) is 8.90. The molecule has 0 aliphatic carbocycles. The number of halogens is 3. The Hall–Kier alpha value is -0.780. The van der Waals surface area contributed by atoms with E-state index in [1.165, 1.54) is 0 Å². The number of aliphatic carboxylic acids is 1. The molecule has 0 rings (SSSR count). The van der Waals surface area contributed by atoms with E-state index in [1.807, 2.05) is 0 Å². The molecule has 0 bridgehead atoms. The summed E-state index contributed by atoms with van der Waals surface area (Å²) >= 11 is 0. The van der Waals surface area contributed by atoms with Gasteiger partial charge in [-0.15, -0.1) is 0 Å². The lowest BCUT2D eigenvalue weighted by atomic mass is 10.3. The van der Waals surface area contributed by atoms with E-state index in [0.717, 1.165) is 12.2 Å². The van der Waals surface area contributed by atoms with E-state index in [-0.39, 0.29) is 0 Å². The molecule has 0 amide bonds. The van der Waals surface area contributed by atoms with Gasteiger partial charge < -0.3 is 5.11 Å². The Balaban J connectivity index is 3.80. The average Bonchev–Trinajstić information content (AvgIpc) is 1.60. The molecule has 2 N–H and O–H groups in total. The Labute approximate surface area is 54.8 Å². The fourth-order valence-electron chi connectivity index (χ4n) is 0.307. The van der Waals surface area contributed by atoms with Crippen molar-refractivity contribution in [3.8, 4) is 0 Å². The summed E-state index contributed by atoms with van der Waals surface area (Å²) in [7, 11) is 0. The van der Waals surface area contributed by atoms with Crippen molar-refractivity contribution in [1.29, 1.82) is 0 Å². The van der Waals surface area contributed by atoms with Gasteiger partial charge in [-0.25, -0.2) is 5.32 Å². The molecule has 0 saturated carbocycles. The van der Waals surface area contributed by atoms with Crippen molar-refractivity contribution in [2.24, 2.45) is 0 Å². The summed E-state index contributed by atoms with van der Waals surface area (Å²) in [6, 6.07) is -1.60. The maximum absolute atomic E-state index is 11.3. The highest BCUT2D eigenvalue weighted by atomic mass is 19.4.